The van der Waals surface area contributed by atoms with Crippen molar-refractivity contribution in [1.29, 1.82) is 5.26 Å². The standard InChI is InChI=1S/C18H19N3O2S/c19-14-15-6-4-5-9-18(15)24(22,23)20-16-10-12-21(13-11-16)17-7-2-1-3-8-17/h1-9,16,20H,10-13H2. The number of anilines is 1. The fourth-order valence-corrected chi connectivity index (χ4v) is 4.43. The minimum atomic E-state index is -3.68. The van der Waals surface area contributed by atoms with Crippen LogP contribution in [0.5, 0.6) is 0 Å². The van der Waals surface area contributed by atoms with Gasteiger partial charge in [0.15, 0.2) is 0 Å². The molecular weight excluding hydrogens is 322 g/mol. The Morgan fingerprint density at radius 2 is 1.62 bits per heavy atom. The molecule has 0 spiro atoms. The number of nitrogens with one attached hydrogen (secondary N) is 1. The summed E-state index contributed by atoms with van der Waals surface area (Å²) in [4.78, 5) is 2.31. The van der Waals surface area contributed by atoms with Crippen molar-refractivity contribution >= 4 is 15.7 Å². The van der Waals surface area contributed by atoms with Gasteiger partial charge >= 0.3 is 0 Å². The summed E-state index contributed by atoms with van der Waals surface area (Å²) in [7, 11) is -3.68. The number of rotatable bonds is 4. The van der Waals surface area contributed by atoms with Crippen LogP contribution in [0.15, 0.2) is 59.5 Å². The van der Waals surface area contributed by atoms with Crippen molar-refractivity contribution in [3.8, 4) is 6.07 Å². The molecule has 3 rings (SSSR count). The van der Waals surface area contributed by atoms with E-state index in [9.17, 15) is 8.42 Å². The lowest BCUT2D eigenvalue weighted by atomic mass is 10.1. The Bertz CT molecular complexity index is 836. The summed E-state index contributed by atoms with van der Waals surface area (Å²) in [6.07, 6.45) is 1.48. The maximum absolute atomic E-state index is 12.6. The van der Waals surface area contributed by atoms with Gasteiger partial charge in [0.05, 0.1) is 10.5 Å². The Morgan fingerprint density at radius 3 is 2.29 bits per heavy atom. The van der Waals surface area contributed by atoms with Crippen LogP contribution in [-0.2, 0) is 10.0 Å². The average Bonchev–Trinajstić information content (AvgIpc) is 2.63. The molecule has 0 amide bonds. The van der Waals surface area contributed by atoms with Crippen LogP contribution >= 0.6 is 0 Å². The van der Waals surface area contributed by atoms with E-state index in [0.29, 0.717) is 0 Å². The normalized spacial score (nSPS) is 15.9. The van der Waals surface area contributed by atoms with Crippen LogP contribution in [0.1, 0.15) is 18.4 Å². The van der Waals surface area contributed by atoms with Crippen LogP contribution < -0.4 is 9.62 Å². The van der Waals surface area contributed by atoms with Gasteiger partial charge in [-0.1, -0.05) is 30.3 Å². The molecule has 2 aromatic carbocycles. The molecule has 6 heteroatoms. The Morgan fingerprint density at radius 1 is 1.00 bits per heavy atom. The molecule has 24 heavy (non-hydrogen) atoms. The molecule has 5 nitrogen and oxygen atoms in total. The molecule has 2 aromatic rings. The van der Waals surface area contributed by atoms with E-state index in [-0.39, 0.29) is 16.5 Å². The van der Waals surface area contributed by atoms with E-state index in [0.717, 1.165) is 31.6 Å². The highest BCUT2D eigenvalue weighted by molar-refractivity contribution is 7.89. The van der Waals surface area contributed by atoms with Crippen molar-refractivity contribution in [3.05, 3.63) is 60.2 Å². The Hall–Kier alpha value is -2.36. The quantitative estimate of drug-likeness (QED) is 0.927. The summed E-state index contributed by atoms with van der Waals surface area (Å²) in [5, 5.41) is 9.10. The lowest BCUT2D eigenvalue weighted by Gasteiger charge is -2.33. The number of benzene rings is 2. The third-order valence-electron chi connectivity index (χ3n) is 4.24. The maximum atomic E-state index is 12.6. The second-order valence-electron chi connectivity index (χ2n) is 5.83. The van der Waals surface area contributed by atoms with Gasteiger partial charge in [0.1, 0.15) is 6.07 Å². The van der Waals surface area contributed by atoms with Crippen molar-refractivity contribution in [2.45, 2.75) is 23.8 Å². The van der Waals surface area contributed by atoms with E-state index >= 15 is 0 Å². The maximum Gasteiger partial charge on any atom is 0.242 e. The molecule has 0 unspecified atom stereocenters. The molecule has 1 N–H and O–H groups in total. The van der Waals surface area contributed by atoms with Gasteiger partial charge in [0, 0.05) is 24.8 Å². The van der Waals surface area contributed by atoms with Gasteiger partial charge in [0.2, 0.25) is 10.0 Å². The minimum Gasteiger partial charge on any atom is -0.371 e. The molecule has 0 bridgehead atoms. The van der Waals surface area contributed by atoms with Gasteiger partial charge in [-0.3, -0.25) is 0 Å². The largest absolute Gasteiger partial charge is 0.371 e. The van der Waals surface area contributed by atoms with Gasteiger partial charge in [-0.15, -0.1) is 0 Å². The number of hydrogen-bond acceptors (Lipinski definition) is 4. The van der Waals surface area contributed by atoms with Gasteiger partial charge in [-0.25, -0.2) is 13.1 Å². The second-order valence-corrected chi connectivity index (χ2v) is 7.51. The Labute approximate surface area is 142 Å². The lowest BCUT2D eigenvalue weighted by Crippen LogP contribution is -2.44. The number of piperidine rings is 1. The van der Waals surface area contributed by atoms with Crippen LogP contribution in [-0.4, -0.2) is 27.5 Å². The number of nitrogens with zero attached hydrogens (tertiary/aromatic N) is 2. The number of para-hydroxylation sites is 1. The molecule has 0 aromatic heterocycles. The predicted molar refractivity (Wildman–Crippen MR) is 93.2 cm³/mol. The zero-order valence-electron chi connectivity index (χ0n) is 13.2. The summed E-state index contributed by atoms with van der Waals surface area (Å²) in [5.74, 6) is 0. The van der Waals surface area contributed by atoms with Crippen LogP contribution in [0.3, 0.4) is 0 Å². The predicted octanol–water partition coefficient (Wildman–Crippen LogP) is 2.51. The zero-order chi connectivity index (χ0) is 17.0. The number of nitriles is 1. The third kappa shape index (κ3) is 3.58. The molecule has 1 saturated heterocycles. The smallest absolute Gasteiger partial charge is 0.242 e. The first-order chi connectivity index (χ1) is 11.6. The van der Waals surface area contributed by atoms with Crippen molar-refractivity contribution in [1.82, 2.24) is 4.72 Å². The molecule has 1 fully saturated rings. The first-order valence-corrected chi connectivity index (χ1v) is 9.40. The number of hydrogen-bond donors (Lipinski definition) is 1. The molecule has 0 saturated carbocycles. The highest BCUT2D eigenvalue weighted by Crippen LogP contribution is 2.21. The Kier molecular flexibility index (Phi) is 4.84. The summed E-state index contributed by atoms with van der Waals surface area (Å²) < 4.78 is 27.9. The molecule has 0 aliphatic carbocycles. The molecule has 1 aliphatic heterocycles. The molecule has 1 aliphatic rings. The first-order valence-electron chi connectivity index (χ1n) is 7.91. The van der Waals surface area contributed by atoms with Gasteiger partial charge < -0.3 is 4.90 Å². The van der Waals surface area contributed by atoms with E-state index in [2.05, 4.69) is 21.8 Å². The van der Waals surface area contributed by atoms with Crippen molar-refractivity contribution in [2.24, 2.45) is 0 Å². The fraction of sp³-hybridized carbons (Fsp3) is 0.278. The molecule has 1 heterocycles. The van der Waals surface area contributed by atoms with E-state index in [1.807, 2.05) is 24.3 Å². The monoisotopic (exact) mass is 341 g/mol. The van der Waals surface area contributed by atoms with Crippen LogP contribution in [0, 0.1) is 11.3 Å². The summed E-state index contributed by atoms with van der Waals surface area (Å²) >= 11 is 0. The second kappa shape index (κ2) is 7.04. The van der Waals surface area contributed by atoms with Gasteiger partial charge in [-0.2, -0.15) is 5.26 Å². The molecule has 0 atom stereocenters. The Balaban J connectivity index is 1.67. The van der Waals surface area contributed by atoms with Crippen LogP contribution in [0.4, 0.5) is 5.69 Å². The van der Waals surface area contributed by atoms with Crippen LogP contribution in [0.25, 0.3) is 0 Å². The lowest BCUT2D eigenvalue weighted by molar-refractivity contribution is 0.460. The van der Waals surface area contributed by atoms with E-state index in [1.54, 1.807) is 12.1 Å². The molecule has 0 radical (unpaired) electrons. The van der Waals surface area contributed by atoms with Crippen molar-refractivity contribution in [3.63, 3.8) is 0 Å². The SMILES string of the molecule is N#Cc1ccccc1S(=O)(=O)NC1CCN(c2ccccc2)CC1. The highest BCUT2D eigenvalue weighted by atomic mass is 32.2. The van der Waals surface area contributed by atoms with Crippen molar-refractivity contribution in [2.75, 3.05) is 18.0 Å². The van der Waals surface area contributed by atoms with E-state index in [4.69, 9.17) is 5.26 Å². The number of sulfonamides is 1. The average molecular weight is 341 g/mol. The van der Waals surface area contributed by atoms with Gasteiger partial charge in [-0.05, 0) is 37.1 Å². The van der Waals surface area contributed by atoms with Crippen molar-refractivity contribution < 1.29 is 8.42 Å². The first kappa shape index (κ1) is 16.5. The van der Waals surface area contributed by atoms with Crippen LogP contribution in [0.2, 0.25) is 0 Å². The molecular formula is C18H19N3O2S. The molecule has 124 valence electrons. The summed E-state index contributed by atoms with van der Waals surface area (Å²) in [5.41, 5.74) is 1.33. The minimum absolute atomic E-state index is 0.0537. The summed E-state index contributed by atoms with van der Waals surface area (Å²) in [6, 6.07) is 18.2. The fourth-order valence-electron chi connectivity index (χ4n) is 2.97. The summed E-state index contributed by atoms with van der Waals surface area (Å²) in [6.45, 7) is 1.61. The topological polar surface area (TPSA) is 73.2 Å². The van der Waals surface area contributed by atoms with E-state index < -0.39 is 10.0 Å². The van der Waals surface area contributed by atoms with E-state index in [1.165, 1.54) is 12.1 Å². The zero-order valence-corrected chi connectivity index (χ0v) is 14.0. The highest BCUT2D eigenvalue weighted by Gasteiger charge is 2.26. The third-order valence-corrected chi connectivity index (χ3v) is 5.81. The van der Waals surface area contributed by atoms with Gasteiger partial charge in [0.25, 0.3) is 0 Å².